The molecule has 0 spiro atoms. The van der Waals surface area contributed by atoms with E-state index in [1.165, 1.54) is 7.11 Å². The highest BCUT2D eigenvalue weighted by Crippen LogP contribution is 2.26. The summed E-state index contributed by atoms with van der Waals surface area (Å²) in [6.07, 6.45) is 0. The Balaban J connectivity index is 2.24. The van der Waals surface area contributed by atoms with E-state index in [9.17, 15) is 9.59 Å². The zero-order valence-electron chi connectivity index (χ0n) is 13.9. The summed E-state index contributed by atoms with van der Waals surface area (Å²) in [6.45, 7) is 3.66. The number of benzene rings is 1. The van der Waals surface area contributed by atoms with Crippen LogP contribution in [0.4, 0.5) is 0 Å². The van der Waals surface area contributed by atoms with Crippen LogP contribution in [-0.4, -0.2) is 41.7 Å². The normalized spacial score (nSPS) is 11.9. The summed E-state index contributed by atoms with van der Waals surface area (Å²) < 4.78 is 13.7. The highest BCUT2D eigenvalue weighted by atomic mass is 32.1. The molecule has 2 rings (SSSR count). The molecule has 8 heteroatoms. The van der Waals surface area contributed by atoms with Gasteiger partial charge in [0, 0.05) is 5.56 Å². The maximum Gasteiger partial charge on any atom is 0.328 e. The lowest BCUT2D eigenvalue weighted by atomic mass is 10.0. The maximum absolute atomic E-state index is 12.5. The molecule has 1 heterocycles. The molecule has 1 atom stereocenters. The van der Waals surface area contributed by atoms with Gasteiger partial charge in [-0.25, -0.2) is 4.79 Å². The Morgan fingerprint density at radius 3 is 2.38 bits per heavy atom. The van der Waals surface area contributed by atoms with E-state index in [1.54, 1.807) is 31.4 Å². The first kappa shape index (κ1) is 17.9. The van der Waals surface area contributed by atoms with Gasteiger partial charge in [0.05, 0.1) is 14.2 Å². The van der Waals surface area contributed by atoms with Crippen LogP contribution in [0.25, 0.3) is 11.3 Å². The number of nitrogens with zero attached hydrogens (tertiary/aromatic N) is 2. The molecule has 1 aromatic heterocycles. The van der Waals surface area contributed by atoms with Crippen LogP contribution in [0.5, 0.6) is 5.75 Å². The van der Waals surface area contributed by atoms with Gasteiger partial charge in [-0.15, -0.1) is 5.10 Å². The van der Waals surface area contributed by atoms with Gasteiger partial charge in [0.25, 0.3) is 5.91 Å². The molecule has 0 aliphatic heterocycles. The summed E-state index contributed by atoms with van der Waals surface area (Å²) in [5, 5.41) is 6.73. The molecule has 24 heavy (non-hydrogen) atoms. The highest BCUT2D eigenvalue weighted by molar-refractivity contribution is 7.08. The number of hydrogen-bond donors (Lipinski definition) is 1. The second kappa shape index (κ2) is 7.87. The molecular formula is C16H19N3O4S. The Morgan fingerprint density at radius 2 is 1.83 bits per heavy atom. The quantitative estimate of drug-likeness (QED) is 0.804. The first-order valence-corrected chi connectivity index (χ1v) is 8.10. The Labute approximate surface area is 144 Å². The van der Waals surface area contributed by atoms with Gasteiger partial charge in [0.15, 0.2) is 0 Å². The largest absolute Gasteiger partial charge is 0.497 e. The van der Waals surface area contributed by atoms with Crippen molar-refractivity contribution in [1.29, 1.82) is 0 Å². The molecule has 1 aromatic carbocycles. The van der Waals surface area contributed by atoms with Gasteiger partial charge in [-0.1, -0.05) is 18.3 Å². The summed E-state index contributed by atoms with van der Waals surface area (Å²) in [4.78, 5) is 24.7. The molecule has 7 nitrogen and oxygen atoms in total. The standard InChI is InChI=1S/C16H19N3O4S/c1-9(2)12(16(21)23-4)17-15(20)14-13(18-19-24-14)10-5-7-11(22-3)8-6-10/h5-9,12H,1-4H3,(H,17,20)/t12-/m0/s1. The number of ether oxygens (including phenoxy) is 2. The van der Waals surface area contributed by atoms with Gasteiger partial charge < -0.3 is 14.8 Å². The SMILES string of the molecule is COC(=O)[C@@H](NC(=O)c1snnc1-c1ccc(OC)cc1)C(C)C. The molecule has 0 saturated heterocycles. The predicted molar refractivity (Wildman–Crippen MR) is 90.0 cm³/mol. The predicted octanol–water partition coefficient (Wildman–Crippen LogP) is 2.14. The van der Waals surface area contributed by atoms with Crippen molar-refractivity contribution in [3.8, 4) is 17.0 Å². The van der Waals surface area contributed by atoms with Crippen LogP contribution in [0.3, 0.4) is 0 Å². The Morgan fingerprint density at radius 1 is 1.17 bits per heavy atom. The lowest BCUT2D eigenvalue weighted by molar-refractivity contribution is -0.144. The van der Waals surface area contributed by atoms with E-state index < -0.39 is 17.9 Å². The van der Waals surface area contributed by atoms with Crippen molar-refractivity contribution < 1.29 is 19.1 Å². The molecule has 0 bridgehead atoms. The molecular weight excluding hydrogens is 330 g/mol. The van der Waals surface area contributed by atoms with Gasteiger partial charge in [0.1, 0.15) is 22.4 Å². The topological polar surface area (TPSA) is 90.4 Å². The molecule has 0 unspecified atom stereocenters. The Bertz CT molecular complexity index is 712. The minimum atomic E-state index is -0.728. The van der Waals surface area contributed by atoms with Crippen molar-refractivity contribution in [2.45, 2.75) is 19.9 Å². The van der Waals surface area contributed by atoms with Crippen molar-refractivity contribution in [2.24, 2.45) is 5.92 Å². The number of esters is 1. The smallest absolute Gasteiger partial charge is 0.328 e. The van der Waals surface area contributed by atoms with Crippen molar-refractivity contribution in [1.82, 2.24) is 14.9 Å². The lowest BCUT2D eigenvalue weighted by Crippen LogP contribution is -2.44. The van der Waals surface area contributed by atoms with Crippen LogP contribution in [0.15, 0.2) is 24.3 Å². The van der Waals surface area contributed by atoms with Crippen molar-refractivity contribution in [3.63, 3.8) is 0 Å². The van der Waals surface area contributed by atoms with Gasteiger partial charge in [-0.2, -0.15) is 0 Å². The van der Waals surface area contributed by atoms with Crippen molar-refractivity contribution in [2.75, 3.05) is 14.2 Å². The summed E-state index contributed by atoms with van der Waals surface area (Å²) in [5.41, 5.74) is 1.21. The van der Waals surface area contributed by atoms with Gasteiger partial charge in [0.2, 0.25) is 0 Å². The zero-order chi connectivity index (χ0) is 17.7. The monoisotopic (exact) mass is 349 g/mol. The highest BCUT2D eigenvalue weighted by Gasteiger charge is 2.27. The van der Waals surface area contributed by atoms with E-state index in [0.717, 1.165) is 17.1 Å². The van der Waals surface area contributed by atoms with Crippen molar-refractivity contribution in [3.05, 3.63) is 29.1 Å². The molecule has 0 aliphatic rings. The van der Waals surface area contributed by atoms with Crippen LogP contribution in [0, 0.1) is 5.92 Å². The van der Waals surface area contributed by atoms with E-state index in [4.69, 9.17) is 9.47 Å². The first-order valence-electron chi connectivity index (χ1n) is 7.33. The fraction of sp³-hybridized carbons (Fsp3) is 0.375. The summed E-state index contributed by atoms with van der Waals surface area (Å²) in [5.74, 6) is -0.285. The van der Waals surface area contributed by atoms with Gasteiger partial charge >= 0.3 is 5.97 Å². The molecule has 2 aromatic rings. The fourth-order valence-corrected chi connectivity index (χ4v) is 2.70. The minimum absolute atomic E-state index is 0.105. The zero-order valence-corrected chi connectivity index (χ0v) is 14.7. The lowest BCUT2D eigenvalue weighted by Gasteiger charge is -2.19. The minimum Gasteiger partial charge on any atom is -0.497 e. The van der Waals surface area contributed by atoms with Gasteiger partial charge in [-0.05, 0) is 41.7 Å². The summed E-state index contributed by atoms with van der Waals surface area (Å²) in [7, 11) is 2.87. The molecule has 0 radical (unpaired) electrons. The van der Waals surface area contributed by atoms with Crippen molar-refractivity contribution >= 4 is 23.4 Å². The van der Waals surface area contributed by atoms with Crippen LogP contribution >= 0.6 is 11.5 Å². The summed E-state index contributed by atoms with van der Waals surface area (Å²) in [6, 6.07) is 6.43. The second-order valence-corrected chi connectivity index (χ2v) is 6.15. The van der Waals surface area contributed by atoms with Crippen LogP contribution < -0.4 is 10.1 Å². The maximum atomic E-state index is 12.5. The molecule has 0 fully saturated rings. The molecule has 1 N–H and O–H groups in total. The van der Waals surface area contributed by atoms with Crippen LogP contribution in [0.1, 0.15) is 23.5 Å². The number of methoxy groups -OCH3 is 2. The third-order valence-electron chi connectivity index (χ3n) is 3.47. The fourth-order valence-electron chi connectivity index (χ4n) is 2.11. The van der Waals surface area contributed by atoms with E-state index in [1.807, 2.05) is 13.8 Å². The molecule has 0 saturated carbocycles. The number of aromatic nitrogens is 2. The number of rotatable bonds is 6. The van der Waals surface area contributed by atoms with E-state index in [2.05, 4.69) is 14.9 Å². The van der Waals surface area contributed by atoms with Crippen LogP contribution in [-0.2, 0) is 9.53 Å². The average molecular weight is 349 g/mol. The molecule has 0 aliphatic carbocycles. The molecule has 128 valence electrons. The van der Waals surface area contributed by atoms with E-state index in [-0.39, 0.29) is 5.92 Å². The summed E-state index contributed by atoms with van der Waals surface area (Å²) >= 11 is 0.979. The third-order valence-corrected chi connectivity index (χ3v) is 4.19. The van der Waals surface area contributed by atoms with Crippen LogP contribution in [0.2, 0.25) is 0 Å². The van der Waals surface area contributed by atoms with Gasteiger partial charge in [-0.3, -0.25) is 4.79 Å². The average Bonchev–Trinajstić information content (AvgIpc) is 3.08. The van der Waals surface area contributed by atoms with E-state index >= 15 is 0 Å². The second-order valence-electron chi connectivity index (χ2n) is 5.40. The Kier molecular flexibility index (Phi) is 5.86. The number of carbonyl (C=O) groups is 2. The first-order chi connectivity index (χ1) is 11.5. The number of hydrogen-bond acceptors (Lipinski definition) is 7. The number of nitrogens with one attached hydrogen (secondary N) is 1. The Hall–Kier alpha value is -2.48. The van der Waals surface area contributed by atoms with E-state index in [0.29, 0.717) is 16.3 Å². The third kappa shape index (κ3) is 3.88. The molecule has 1 amide bonds. The number of amides is 1. The number of carbonyl (C=O) groups excluding carboxylic acids is 2.